The SMILES string of the molecule is N#Cc1c(NC2CN(Sc3cccs3)C2)c2ccccc2n(Cc2ccc(F)cc2)c1=O. The van der Waals surface area contributed by atoms with Crippen molar-refractivity contribution in [2.75, 3.05) is 18.4 Å². The van der Waals surface area contributed by atoms with Crippen LogP contribution < -0.4 is 10.9 Å². The van der Waals surface area contributed by atoms with E-state index in [9.17, 15) is 14.4 Å². The van der Waals surface area contributed by atoms with Gasteiger partial charge in [0.05, 0.1) is 28.0 Å². The molecule has 1 fully saturated rings. The van der Waals surface area contributed by atoms with Crippen molar-refractivity contribution in [2.24, 2.45) is 0 Å². The van der Waals surface area contributed by atoms with Crippen LogP contribution in [0.25, 0.3) is 10.9 Å². The number of benzene rings is 2. The number of anilines is 1. The Morgan fingerprint density at radius 2 is 1.91 bits per heavy atom. The number of nitrogens with one attached hydrogen (secondary N) is 1. The first-order valence-corrected chi connectivity index (χ1v) is 11.8. The second kappa shape index (κ2) is 8.79. The van der Waals surface area contributed by atoms with Gasteiger partial charge in [0.1, 0.15) is 17.4 Å². The van der Waals surface area contributed by atoms with E-state index in [-0.39, 0.29) is 29.5 Å². The lowest BCUT2D eigenvalue weighted by atomic mass is 10.1. The van der Waals surface area contributed by atoms with Gasteiger partial charge in [0.25, 0.3) is 5.56 Å². The van der Waals surface area contributed by atoms with Crippen LogP contribution in [0.1, 0.15) is 11.1 Å². The Bertz CT molecular complexity index is 1350. The summed E-state index contributed by atoms with van der Waals surface area (Å²) in [6, 6.07) is 20.1. The average Bonchev–Trinajstić information content (AvgIpc) is 3.29. The minimum atomic E-state index is -0.345. The molecule has 0 bridgehead atoms. The Morgan fingerprint density at radius 1 is 1.12 bits per heavy atom. The van der Waals surface area contributed by atoms with E-state index < -0.39 is 0 Å². The molecule has 3 heterocycles. The molecule has 0 saturated carbocycles. The predicted octanol–water partition coefficient (Wildman–Crippen LogP) is 4.93. The zero-order chi connectivity index (χ0) is 22.1. The van der Waals surface area contributed by atoms with Gasteiger partial charge in [0.2, 0.25) is 0 Å². The third-order valence-corrected chi connectivity index (χ3v) is 7.50. The molecule has 1 saturated heterocycles. The quantitative estimate of drug-likeness (QED) is 0.412. The molecular formula is C24H19FN4OS2. The molecule has 5 rings (SSSR count). The minimum absolute atomic E-state index is 0.107. The maximum Gasteiger partial charge on any atom is 0.271 e. The van der Waals surface area contributed by atoms with Crippen LogP contribution in [0.4, 0.5) is 10.1 Å². The van der Waals surface area contributed by atoms with E-state index in [0.717, 1.165) is 29.6 Å². The summed E-state index contributed by atoms with van der Waals surface area (Å²) in [7, 11) is 0. The number of pyridine rings is 1. The number of aromatic nitrogens is 1. The van der Waals surface area contributed by atoms with Crippen LogP contribution in [-0.4, -0.2) is 28.0 Å². The molecule has 8 heteroatoms. The summed E-state index contributed by atoms with van der Waals surface area (Å²) in [5.74, 6) is -0.324. The van der Waals surface area contributed by atoms with Crippen LogP contribution in [0.2, 0.25) is 0 Å². The minimum Gasteiger partial charge on any atom is -0.378 e. The molecule has 0 amide bonds. The van der Waals surface area contributed by atoms with Crippen molar-refractivity contribution in [3.63, 3.8) is 0 Å². The molecule has 1 N–H and O–H groups in total. The largest absolute Gasteiger partial charge is 0.378 e. The molecule has 2 aromatic heterocycles. The van der Waals surface area contributed by atoms with Gasteiger partial charge in [0.15, 0.2) is 0 Å². The first-order chi connectivity index (χ1) is 15.6. The fraction of sp³-hybridized carbons (Fsp3) is 0.167. The highest BCUT2D eigenvalue weighted by atomic mass is 32.2. The van der Waals surface area contributed by atoms with Crippen molar-refractivity contribution >= 4 is 39.9 Å². The first kappa shape index (κ1) is 20.8. The molecular weight excluding hydrogens is 443 g/mol. The van der Waals surface area contributed by atoms with Crippen LogP contribution >= 0.6 is 23.3 Å². The van der Waals surface area contributed by atoms with Crippen molar-refractivity contribution in [3.05, 3.63) is 93.3 Å². The fourth-order valence-corrected chi connectivity index (χ4v) is 5.85. The first-order valence-electron chi connectivity index (χ1n) is 10.2. The second-order valence-corrected chi connectivity index (χ2v) is 9.95. The van der Waals surface area contributed by atoms with Crippen molar-refractivity contribution < 1.29 is 4.39 Å². The summed E-state index contributed by atoms with van der Waals surface area (Å²) in [5, 5.41) is 16.2. The highest BCUT2D eigenvalue weighted by molar-refractivity contribution is 7.99. The van der Waals surface area contributed by atoms with Gasteiger partial charge in [-0.3, -0.25) is 4.79 Å². The van der Waals surface area contributed by atoms with Gasteiger partial charge in [-0.15, -0.1) is 11.3 Å². The Labute approximate surface area is 192 Å². The molecule has 0 aliphatic carbocycles. The molecule has 1 aliphatic heterocycles. The molecule has 0 atom stereocenters. The molecule has 1 aliphatic rings. The van der Waals surface area contributed by atoms with E-state index in [1.807, 2.05) is 30.3 Å². The molecule has 5 nitrogen and oxygen atoms in total. The van der Waals surface area contributed by atoms with Crippen LogP contribution in [0.3, 0.4) is 0 Å². The van der Waals surface area contributed by atoms with E-state index >= 15 is 0 Å². The smallest absolute Gasteiger partial charge is 0.271 e. The Kier molecular flexibility index (Phi) is 5.70. The third kappa shape index (κ3) is 4.02. The number of nitriles is 1. The number of fused-ring (bicyclic) bond motifs is 1. The Balaban J connectivity index is 1.45. The molecule has 32 heavy (non-hydrogen) atoms. The van der Waals surface area contributed by atoms with Crippen LogP contribution in [0.15, 0.2) is 75.0 Å². The number of rotatable bonds is 6. The van der Waals surface area contributed by atoms with Gasteiger partial charge < -0.3 is 9.88 Å². The van der Waals surface area contributed by atoms with E-state index in [2.05, 4.69) is 27.1 Å². The van der Waals surface area contributed by atoms with Gasteiger partial charge in [-0.05, 0) is 47.2 Å². The summed E-state index contributed by atoms with van der Waals surface area (Å²) in [4.78, 5) is 13.3. The lowest BCUT2D eigenvalue weighted by Gasteiger charge is -2.39. The standard InChI is InChI=1S/C24H19FN4OS2/c25-17-9-7-16(8-10-17)13-29-21-5-2-1-4-19(21)23(20(12-26)24(29)30)27-18-14-28(15-18)32-22-6-3-11-31-22/h1-11,18,27H,13-15H2. The summed E-state index contributed by atoms with van der Waals surface area (Å²) in [5.41, 5.74) is 1.89. The van der Waals surface area contributed by atoms with Crippen molar-refractivity contribution in [1.82, 2.24) is 8.87 Å². The average molecular weight is 463 g/mol. The van der Waals surface area contributed by atoms with Crippen molar-refractivity contribution in [3.8, 4) is 6.07 Å². The summed E-state index contributed by atoms with van der Waals surface area (Å²) < 4.78 is 18.4. The molecule has 0 unspecified atom stereocenters. The monoisotopic (exact) mass is 462 g/mol. The maximum atomic E-state index is 13.3. The van der Waals surface area contributed by atoms with Crippen LogP contribution in [-0.2, 0) is 6.54 Å². The zero-order valence-corrected chi connectivity index (χ0v) is 18.6. The van der Waals surface area contributed by atoms with Gasteiger partial charge in [-0.25, -0.2) is 8.70 Å². The van der Waals surface area contributed by atoms with Crippen LogP contribution in [0.5, 0.6) is 0 Å². The molecule has 0 spiro atoms. The predicted molar refractivity (Wildman–Crippen MR) is 128 cm³/mol. The fourth-order valence-electron chi connectivity index (χ4n) is 3.84. The third-order valence-electron chi connectivity index (χ3n) is 5.45. The van der Waals surface area contributed by atoms with Gasteiger partial charge in [-0.2, -0.15) is 5.26 Å². The molecule has 160 valence electrons. The lowest BCUT2D eigenvalue weighted by molar-refractivity contribution is 0.310. The summed E-state index contributed by atoms with van der Waals surface area (Å²) in [6.07, 6.45) is 0. The number of para-hydroxylation sites is 1. The Hall–Kier alpha value is -3.12. The Morgan fingerprint density at radius 3 is 2.62 bits per heavy atom. The van der Waals surface area contributed by atoms with E-state index in [1.54, 1.807) is 40.0 Å². The van der Waals surface area contributed by atoms with Gasteiger partial charge >= 0.3 is 0 Å². The van der Waals surface area contributed by atoms with Crippen molar-refractivity contribution in [1.29, 1.82) is 5.26 Å². The van der Waals surface area contributed by atoms with Gasteiger partial charge in [-0.1, -0.05) is 36.4 Å². The lowest BCUT2D eigenvalue weighted by Crippen LogP contribution is -2.51. The number of nitrogens with zero attached hydrogens (tertiary/aromatic N) is 3. The van der Waals surface area contributed by atoms with Crippen LogP contribution in [0, 0.1) is 17.1 Å². The number of halogens is 1. The second-order valence-electron chi connectivity index (χ2n) is 7.61. The van der Waals surface area contributed by atoms with E-state index in [0.29, 0.717) is 5.69 Å². The highest BCUT2D eigenvalue weighted by Gasteiger charge is 2.29. The topological polar surface area (TPSA) is 61.1 Å². The number of hydrogen-bond acceptors (Lipinski definition) is 6. The summed E-state index contributed by atoms with van der Waals surface area (Å²) >= 11 is 3.44. The van der Waals surface area contributed by atoms with Crippen molar-refractivity contribution in [2.45, 2.75) is 16.8 Å². The highest BCUT2D eigenvalue weighted by Crippen LogP contribution is 2.33. The van der Waals surface area contributed by atoms with E-state index in [4.69, 9.17) is 0 Å². The molecule has 0 radical (unpaired) electrons. The molecule has 4 aromatic rings. The summed E-state index contributed by atoms with van der Waals surface area (Å²) in [6.45, 7) is 1.91. The zero-order valence-electron chi connectivity index (χ0n) is 17.0. The van der Waals surface area contributed by atoms with E-state index in [1.165, 1.54) is 16.3 Å². The van der Waals surface area contributed by atoms with Gasteiger partial charge in [0, 0.05) is 18.5 Å². The number of hydrogen-bond donors (Lipinski definition) is 1. The molecule has 2 aromatic carbocycles. The maximum absolute atomic E-state index is 13.3. The number of thiophene rings is 1. The normalized spacial score (nSPS) is 14.2.